The van der Waals surface area contributed by atoms with E-state index >= 15 is 0 Å². The molecule has 0 spiro atoms. The van der Waals surface area contributed by atoms with Crippen molar-refractivity contribution < 1.29 is 19.1 Å². The third kappa shape index (κ3) is 2.32. The highest BCUT2D eigenvalue weighted by Crippen LogP contribution is 2.41. The molecule has 0 aromatic heterocycles. The first kappa shape index (κ1) is 16.1. The van der Waals surface area contributed by atoms with Crippen LogP contribution < -0.4 is 9.47 Å². The van der Waals surface area contributed by atoms with Gasteiger partial charge in [-0.05, 0) is 29.8 Å². The molecule has 3 aromatic rings. The van der Waals surface area contributed by atoms with Gasteiger partial charge in [-0.25, -0.2) is 0 Å². The van der Waals surface area contributed by atoms with Gasteiger partial charge in [0.1, 0.15) is 11.5 Å². The Morgan fingerprint density at radius 3 is 1.77 bits per heavy atom. The van der Waals surface area contributed by atoms with Gasteiger partial charge in [0, 0.05) is 16.5 Å². The Labute approximate surface area is 150 Å². The van der Waals surface area contributed by atoms with Crippen LogP contribution >= 0.6 is 0 Å². The molecule has 1 aliphatic heterocycles. The molecule has 0 aliphatic carbocycles. The van der Waals surface area contributed by atoms with Gasteiger partial charge < -0.3 is 9.47 Å². The summed E-state index contributed by atoms with van der Waals surface area (Å²) < 4.78 is 10.9. The van der Waals surface area contributed by atoms with Gasteiger partial charge in [0.2, 0.25) is 0 Å². The number of carbonyl (C=O) groups is 2. The minimum atomic E-state index is -0.313. The second kappa shape index (κ2) is 6.19. The smallest absolute Gasteiger partial charge is 0.261 e. The zero-order valence-corrected chi connectivity index (χ0v) is 14.5. The van der Waals surface area contributed by atoms with E-state index in [2.05, 4.69) is 0 Å². The normalized spacial score (nSPS) is 13.2. The van der Waals surface area contributed by atoms with E-state index in [4.69, 9.17) is 9.47 Å². The Balaban J connectivity index is 1.91. The number of amides is 2. The van der Waals surface area contributed by atoms with Gasteiger partial charge in [-0.3, -0.25) is 14.5 Å². The van der Waals surface area contributed by atoms with E-state index < -0.39 is 0 Å². The number of methoxy groups -OCH3 is 2. The standard InChI is InChI=1S/C21H17NO4/c1-25-16-10-8-14-18-15(9-11-17(26-2)19(16)18)21(24)22(20(14)23)12-13-6-4-3-5-7-13/h3-11H,12H2,1-2H3. The summed E-state index contributed by atoms with van der Waals surface area (Å²) in [7, 11) is 3.11. The van der Waals surface area contributed by atoms with Crippen molar-refractivity contribution >= 4 is 22.6 Å². The summed E-state index contributed by atoms with van der Waals surface area (Å²) >= 11 is 0. The predicted molar refractivity (Wildman–Crippen MR) is 97.7 cm³/mol. The molecule has 5 nitrogen and oxygen atoms in total. The lowest BCUT2D eigenvalue weighted by Gasteiger charge is -2.28. The number of carbonyl (C=O) groups excluding carboxylic acids is 2. The van der Waals surface area contributed by atoms with Crippen LogP contribution in [0.25, 0.3) is 10.8 Å². The minimum absolute atomic E-state index is 0.234. The van der Waals surface area contributed by atoms with Gasteiger partial charge in [-0.2, -0.15) is 0 Å². The van der Waals surface area contributed by atoms with Crippen molar-refractivity contribution in [3.8, 4) is 11.5 Å². The van der Waals surface area contributed by atoms with Gasteiger partial charge in [-0.15, -0.1) is 0 Å². The SMILES string of the molecule is COc1ccc2c3c(ccc(OC)c13)C(=O)N(Cc1ccccc1)C2=O. The van der Waals surface area contributed by atoms with Crippen LogP contribution in [-0.4, -0.2) is 30.9 Å². The van der Waals surface area contributed by atoms with Crippen LogP contribution in [0.3, 0.4) is 0 Å². The lowest BCUT2D eigenvalue weighted by Crippen LogP contribution is -2.39. The van der Waals surface area contributed by atoms with Crippen molar-refractivity contribution in [2.75, 3.05) is 14.2 Å². The summed E-state index contributed by atoms with van der Waals surface area (Å²) in [6, 6.07) is 16.3. The van der Waals surface area contributed by atoms with Gasteiger partial charge in [0.05, 0.1) is 26.2 Å². The van der Waals surface area contributed by atoms with Crippen molar-refractivity contribution in [1.29, 1.82) is 0 Å². The number of ether oxygens (including phenoxy) is 2. The minimum Gasteiger partial charge on any atom is -0.496 e. The lowest BCUT2D eigenvalue weighted by molar-refractivity contribution is 0.0598. The highest BCUT2D eigenvalue weighted by molar-refractivity contribution is 6.26. The molecule has 1 aliphatic rings. The molecular weight excluding hydrogens is 330 g/mol. The van der Waals surface area contributed by atoms with Crippen molar-refractivity contribution in [2.45, 2.75) is 6.54 Å². The molecule has 0 radical (unpaired) electrons. The van der Waals surface area contributed by atoms with E-state index in [1.54, 1.807) is 38.5 Å². The first-order valence-corrected chi connectivity index (χ1v) is 8.23. The van der Waals surface area contributed by atoms with Crippen molar-refractivity contribution in [2.24, 2.45) is 0 Å². The fourth-order valence-corrected chi connectivity index (χ4v) is 3.42. The Kier molecular flexibility index (Phi) is 3.84. The third-order valence-electron chi connectivity index (χ3n) is 4.66. The van der Waals surface area contributed by atoms with Gasteiger partial charge in [0.25, 0.3) is 11.8 Å². The quantitative estimate of drug-likeness (QED) is 0.676. The molecule has 0 saturated carbocycles. The van der Waals surface area contributed by atoms with E-state index in [9.17, 15) is 9.59 Å². The summed E-state index contributed by atoms with van der Waals surface area (Å²) in [5.41, 5.74) is 1.85. The summed E-state index contributed by atoms with van der Waals surface area (Å²) in [6.45, 7) is 0.234. The number of hydrogen-bond donors (Lipinski definition) is 0. The van der Waals surface area contributed by atoms with Crippen LogP contribution in [0.1, 0.15) is 26.3 Å². The fraction of sp³-hybridized carbons (Fsp3) is 0.143. The highest BCUT2D eigenvalue weighted by Gasteiger charge is 2.34. The third-order valence-corrected chi connectivity index (χ3v) is 4.66. The monoisotopic (exact) mass is 347 g/mol. The fourth-order valence-electron chi connectivity index (χ4n) is 3.42. The molecule has 130 valence electrons. The Hall–Kier alpha value is -3.34. The summed E-state index contributed by atoms with van der Waals surface area (Å²) in [5, 5.41) is 1.23. The van der Waals surface area contributed by atoms with Crippen LogP contribution in [0.2, 0.25) is 0 Å². The molecule has 0 saturated heterocycles. The molecule has 2 amide bonds. The average molecular weight is 347 g/mol. The summed E-state index contributed by atoms with van der Waals surface area (Å²) in [5.74, 6) is 0.513. The van der Waals surface area contributed by atoms with E-state index in [1.807, 2.05) is 30.3 Å². The van der Waals surface area contributed by atoms with Gasteiger partial charge in [-0.1, -0.05) is 30.3 Å². The van der Waals surface area contributed by atoms with E-state index in [-0.39, 0.29) is 18.4 Å². The van der Waals surface area contributed by atoms with E-state index in [1.165, 1.54) is 4.90 Å². The molecule has 3 aromatic carbocycles. The number of nitrogens with zero attached hydrogens (tertiary/aromatic N) is 1. The second-order valence-corrected chi connectivity index (χ2v) is 6.06. The zero-order valence-electron chi connectivity index (χ0n) is 14.5. The van der Waals surface area contributed by atoms with Crippen molar-refractivity contribution in [1.82, 2.24) is 4.90 Å². The van der Waals surface area contributed by atoms with E-state index in [0.717, 1.165) is 5.56 Å². The van der Waals surface area contributed by atoms with Crippen LogP contribution in [0.15, 0.2) is 54.6 Å². The maximum atomic E-state index is 13.0. The lowest BCUT2D eigenvalue weighted by atomic mass is 9.92. The molecule has 5 heteroatoms. The molecule has 0 N–H and O–H groups in total. The Morgan fingerprint density at radius 1 is 0.731 bits per heavy atom. The first-order chi connectivity index (χ1) is 12.7. The molecule has 0 fully saturated rings. The molecule has 1 heterocycles. The number of imide groups is 1. The van der Waals surface area contributed by atoms with Gasteiger partial charge >= 0.3 is 0 Å². The van der Waals surface area contributed by atoms with Crippen LogP contribution in [0.4, 0.5) is 0 Å². The number of benzene rings is 3. The first-order valence-electron chi connectivity index (χ1n) is 8.23. The summed E-state index contributed by atoms with van der Waals surface area (Å²) in [6.07, 6.45) is 0. The van der Waals surface area contributed by atoms with Gasteiger partial charge in [0.15, 0.2) is 0 Å². The zero-order chi connectivity index (χ0) is 18.3. The number of rotatable bonds is 4. The van der Waals surface area contributed by atoms with Crippen LogP contribution in [0.5, 0.6) is 11.5 Å². The predicted octanol–water partition coefficient (Wildman–Crippen LogP) is 3.65. The molecule has 0 atom stereocenters. The van der Waals surface area contributed by atoms with Crippen LogP contribution in [-0.2, 0) is 6.54 Å². The van der Waals surface area contributed by atoms with Crippen molar-refractivity contribution in [3.05, 3.63) is 71.3 Å². The highest BCUT2D eigenvalue weighted by atomic mass is 16.5. The van der Waals surface area contributed by atoms with Crippen LogP contribution in [0, 0.1) is 0 Å². The largest absolute Gasteiger partial charge is 0.496 e. The average Bonchev–Trinajstić information content (AvgIpc) is 2.69. The molecule has 26 heavy (non-hydrogen) atoms. The second-order valence-electron chi connectivity index (χ2n) is 6.06. The molecule has 0 unspecified atom stereocenters. The molecule has 4 rings (SSSR count). The summed E-state index contributed by atoms with van der Waals surface area (Å²) in [4.78, 5) is 27.4. The maximum Gasteiger partial charge on any atom is 0.261 e. The molecular formula is C21H17NO4. The Morgan fingerprint density at radius 2 is 1.27 bits per heavy atom. The maximum absolute atomic E-state index is 13.0. The topological polar surface area (TPSA) is 55.8 Å². The molecule has 0 bridgehead atoms. The Bertz CT molecular complexity index is 968. The number of hydrogen-bond acceptors (Lipinski definition) is 4. The van der Waals surface area contributed by atoms with E-state index in [0.29, 0.717) is 33.4 Å². The van der Waals surface area contributed by atoms with Crippen molar-refractivity contribution in [3.63, 3.8) is 0 Å².